The van der Waals surface area contributed by atoms with Gasteiger partial charge >= 0.3 is 6.18 Å². The number of ether oxygens (including phenoxy) is 1. The number of amides is 1. The molecule has 1 amide bonds. The van der Waals surface area contributed by atoms with E-state index in [2.05, 4.69) is 9.97 Å². The van der Waals surface area contributed by atoms with Gasteiger partial charge in [0.15, 0.2) is 5.65 Å². The summed E-state index contributed by atoms with van der Waals surface area (Å²) in [5, 5.41) is 0. The Labute approximate surface area is 210 Å². The average Bonchev–Trinajstić information content (AvgIpc) is 3.23. The zero-order valence-electron chi connectivity index (χ0n) is 20.0. The van der Waals surface area contributed by atoms with E-state index in [1.807, 2.05) is 11.6 Å². The number of alkyl halides is 3. The summed E-state index contributed by atoms with van der Waals surface area (Å²) in [6, 6.07) is 13.0. The average molecular weight is 513 g/mol. The minimum absolute atomic E-state index is 0.0707. The molecule has 0 saturated carbocycles. The van der Waals surface area contributed by atoms with Gasteiger partial charge in [-0.25, -0.2) is 14.4 Å². The third kappa shape index (κ3) is 5.14. The first kappa shape index (κ1) is 24.7. The first-order valence-corrected chi connectivity index (χ1v) is 11.9. The fourth-order valence-corrected chi connectivity index (χ4v) is 4.68. The molecule has 5 rings (SSSR count). The highest BCUT2D eigenvalue weighted by atomic mass is 19.4. The highest BCUT2D eigenvalue weighted by molar-refractivity contribution is 5.94. The summed E-state index contributed by atoms with van der Waals surface area (Å²) >= 11 is 0. The topological polar surface area (TPSA) is 60.2 Å². The van der Waals surface area contributed by atoms with Crippen molar-refractivity contribution in [1.29, 1.82) is 0 Å². The number of benzene rings is 2. The number of aryl methyl sites for hydroxylation is 1. The molecule has 1 aliphatic rings. The van der Waals surface area contributed by atoms with Crippen molar-refractivity contribution in [2.24, 2.45) is 13.0 Å². The summed E-state index contributed by atoms with van der Waals surface area (Å²) in [6.07, 6.45) is -1.63. The standard InChI is InChI=1S/C27H24F4N4O2/c1-34-23(18-8-10-19(28)11-9-18)13-21-25(34)32-14-22(33-21)26(36)35-12-4-5-17(15-35)16-37-24-7-3-2-6-20(24)27(29,30)31/h2-3,6-11,13-14,17H,4-5,12,15-16H2,1H3. The van der Waals surface area contributed by atoms with E-state index in [9.17, 15) is 22.4 Å². The third-order valence-corrected chi connectivity index (χ3v) is 6.56. The number of fused-ring (bicyclic) bond motifs is 1. The number of halogens is 4. The first-order chi connectivity index (χ1) is 17.7. The van der Waals surface area contributed by atoms with Crippen LogP contribution in [0.2, 0.25) is 0 Å². The predicted octanol–water partition coefficient (Wildman–Crippen LogP) is 5.72. The molecule has 0 radical (unpaired) electrons. The highest BCUT2D eigenvalue weighted by Crippen LogP contribution is 2.36. The van der Waals surface area contributed by atoms with E-state index in [1.165, 1.54) is 36.5 Å². The Morgan fingerprint density at radius 3 is 2.65 bits per heavy atom. The highest BCUT2D eigenvalue weighted by Gasteiger charge is 2.34. The fourth-order valence-electron chi connectivity index (χ4n) is 4.68. The number of hydrogen-bond donors (Lipinski definition) is 0. The molecule has 1 atom stereocenters. The Balaban J connectivity index is 1.30. The zero-order chi connectivity index (χ0) is 26.2. The van der Waals surface area contributed by atoms with Gasteiger partial charge in [0, 0.05) is 26.1 Å². The Kier molecular flexibility index (Phi) is 6.57. The van der Waals surface area contributed by atoms with E-state index in [0.717, 1.165) is 23.7 Å². The minimum Gasteiger partial charge on any atom is -0.493 e. The van der Waals surface area contributed by atoms with Gasteiger partial charge in [-0.15, -0.1) is 0 Å². The fraction of sp³-hybridized carbons (Fsp3) is 0.296. The van der Waals surface area contributed by atoms with Crippen LogP contribution in [0.5, 0.6) is 5.75 Å². The summed E-state index contributed by atoms with van der Waals surface area (Å²) < 4.78 is 60.5. The smallest absolute Gasteiger partial charge is 0.419 e. The molecule has 37 heavy (non-hydrogen) atoms. The number of carbonyl (C=O) groups is 1. The predicted molar refractivity (Wildman–Crippen MR) is 129 cm³/mol. The van der Waals surface area contributed by atoms with Crippen LogP contribution in [0.4, 0.5) is 17.6 Å². The van der Waals surface area contributed by atoms with Crippen LogP contribution in [0.3, 0.4) is 0 Å². The Morgan fingerprint density at radius 1 is 1.14 bits per heavy atom. The molecular weight excluding hydrogens is 488 g/mol. The minimum atomic E-state index is -4.50. The molecule has 0 aliphatic carbocycles. The van der Waals surface area contributed by atoms with Crippen LogP contribution < -0.4 is 4.74 Å². The van der Waals surface area contributed by atoms with Gasteiger partial charge in [-0.1, -0.05) is 12.1 Å². The molecule has 2 aromatic heterocycles. The van der Waals surface area contributed by atoms with E-state index in [4.69, 9.17) is 4.74 Å². The van der Waals surface area contributed by atoms with Crippen LogP contribution in [-0.2, 0) is 13.2 Å². The summed E-state index contributed by atoms with van der Waals surface area (Å²) in [7, 11) is 1.82. The molecule has 10 heteroatoms. The van der Waals surface area contributed by atoms with Crippen LogP contribution in [0.25, 0.3) is 22.4 Å². The molecule has 0 N–H and O–H groups in total. The van der Waals surface area contributed by atoms with E-state index in [-0.39, 0.29) is 35.7 Å². The molecule has 4 aromatic rings. The van der Waals surface area contributed by atoms with Crippen LogP contribution in [-0.4, -0.2) is 45.0 Å². The van der Waals surface area contributed by atoms with E-state index in [0.29, 0.717) is 30.7 Å². The lowest BCUT2D eigenvalue weighted by Gasteiger charge is -2.32. The van der Waals surface area contributed by atoms with Crippen LogP contribution in [0.1, 0.15) is 28.9 Å². The SMILES string of the molecule is Cn1c(-c2ccc(F)cc2)cc2nc(C(=O)N3CCCC(COc4ccccc4C(F)(F)F)C3)cnc21. The van der Waals surface area contributed by atoms with Gasteiger partial charge < -0.3 is 14.2 Å². The lowest BCUT2D eigenvalue weighted by atomic mass is 9.98. The molecule has 2 aromatic carbocycles. The molecular formula is C27H24F4N4O2. The molecule has 1 fully saturated rings. The second-order valence-electron chi connectivity index (χ2n) is 9.12. The van der Waals surface area contributed by atoms with Gasteiger partial charge in [0.2, 0.25) is 0 Å². The maximum Gasteiger partial charge on any atom is 0.419 e. The largest absolute Gasteiger partial charge is 0.493 e. The van der Waals surface area contributed by atoms with Gasteiger partial charge in [-0.05, 0) is 60.9 Å². The lowest BCUT2D eigenvalue weighted by Crippen LogP contribution is -2.42. The van der Waals surface area contributed by atoms with Crippen molar-refractivity contribution in [2.75, 3.05) is 19.7 Å². The quantitative estimate of drug-likeness (QED) is 0.321. The number of hydrogen-bond acceptors (Lipinski definition) is 4. The molecule has 0 spiro atoms. The number of para-hydroxylation sites is 1. The molecule has 0 bridgehead atoms. The number of carbonyl (C=O) groups excluding carboxylic acids is 1. The summed E-state index contributed by atoms with van der Waals surface area (Å²) in [6.45, 7) is 0.938. The van der Waals surface area contributed by atoms with Crippen LogP contribution in [0.15, 0.2) is 60.8 Å². The molecule has 1 unspecified atom stereocenters. The summed E-state index contributed by atoms with van der Waals surface area (Å²) in [5.41, 5.74) is 2.08. The van der Waals surface area contributed by atoms with Crippen molar-refractivity contribution in [3.63, 3.8) is 0 Å². The lowest BCUT2D eigenvalue weighted by molar-refractivity contribution is -0.139. The van der Waals surface area contributed by atoms with Crippen molar-refractivity contribution >= 4 is 17.1 Å². The Bertz CT molecular complexity index is 1430. The summed E-state index contributed by atoms with van der Waals surface area (Å²) in [5.74, 6) is -0.947. The molecule has 192 valence electrons. The Morgan fingerprint density at radius 2 is 1.89 bits per heavy atom. The van der Waals surface area contributed by atoms with Gasteiger partial charge in [-0.3, -0.25) is 4.79 Å². The number of likely N-dealkylation sites (tertiary alicyclic amines) is 1. The second-order valence-corrected chi connectivity index (χ2v) is 9.12. The Hall–Kier alpha value is -3.95. The number of rotatable bonds is 5. The molecule has 1 saturated heterocycles. The monoisotopic (exact) mass is 512 g/mol. The molecule has 1 aliphatic heterocycles. The zero-order valence-corrected chi connectivity index (χ0v) is 20.0. The van der Waals surface area contributed by atoms with Crippen LogP contribution >= 0.6 is 0 Å². The van der Waals surface area contributed by atoms with Crippen molar-refractivity contribution in [2.45, 2.75) is 19.0 Å². The number of nitrogens with zero attached hydrogens (tertiary/aromatic N) is 4. The van der Waals surface area contributed by atoms with Gasteiger partial charge in [-0.2, -0.15) is 13.2 Å². The number of aromatic nitrogens is 3. The van der Waals surface area contributed by atoms with Gasteiger partial charge in [0.25, 0.3) is 5.91 Å². The number of piperidine rings is 1. The van der Waals surface area contributed by atoms with Crippen molar-refractivity contribution < 1.29 is 27.1 Å². The maximum atomic E-state index is 13.3. The maximum absolute atomic E-state index is 13.3. The van der Waals surface area contributed by atoms with Crippen molar-refractivity contribution in [1.82, 2.24) is 19.4 Å². The van der Waals surface area contributed by atoms with Gasteiger partial charge in [0.05, 0.1) is 24.1 Å². The third-order valence-electron chi connectivity index (χ3n) is 6.56. The second kappa shape index (κ2) is 9.84. The van der Waals surface area contributed by atoms with E-state index < -0.39 is 11.7 Å². The van der Waals surface area contributed by atoms with Crippen molar-refractivity contribution in [3.8, 4) is 17.0 Å². The normalized spacial score (nSPS) is 16.2. The van der Waals surface area contributed by atoms with E-state index in [1.54, 1.807) is 23.1 Å². The molecule has 6 nitrogen and oxygen atoms in total. The van der Waals surface area contributed by atoms with Gasteiger partial charge in [0.1, 0.15) is 22.8 Å². The summed E-state index contributed by atoms with van der Waals surface area (Å²) in [4.78, 5) is 23.8. The molecule has 3 heterocycles. The van der Waals surface area contributed by atoms with E-state index >= 15 is 0 Å². The van der Waals surface area contributed by atoms with Crippen molar-refractivity contribution in [3.05, 3.63) is 77.9 Å². The first-order valence-electron chi connectivity index (χ1n) is 11.9. The van der Waals surface area contributed by atoms with Crippen LogP contribution in [0, 0.1) is 11.7 Å².